The van der Waals surface area contributed by atoms with E-state index >= 15 is 0 Å². The van der Waals surface area contributed by atoms with Gasteiger partial charge in [-0.05, 0) is 33.8 Å². The molecule has 0 aliphatic rings. The molecule has 0 saturated carbocycles. The number of likely N-dealkylation sites (N-methyl/N-ethyl adjacent to an activating group) is 1. The van der Waals surface area contributed by atoms with E-state index in [0.29, 0.717) is 5.56 Å². The van der Waals surface area contributed by atoms with Gasteiger partial charge in [0.05, 0.1) is 0 Å². The summed E-state index contributed by atoms with van der Waals surface area (Å²) in [5.41, 5.74) is -0.986. The highest BCUT2D eigenvalue weighted by atomic mass is 35.5. The molecule has 1 atom stereocenters. The number of carbonyl (C=O) groups is 3. The number of hydrogen-bond acceptors (Lipinski definition) is 7. The summed E-state index contributed by atoms with van der Waals surface area (Å²) in [5, 5.41) is 0. The normalized spacial score (nSPS) is 12.0. The van der Waals surface area contributed by atoms with Crippen LogP contribution in [0.4, 0.5) is 15.4 Å². The van der Waals surface area contributed by atoms with E-state index in [1.165, 1.54) is 27.2 Å². The monoisotopic (exact) mass is 415 g/mol. The Bertz CT molecular complexity index is 705. The zero-order valence-corrected chi connectivity index (χ0v) is 17.6. The summed E-state index contributed by atoms with van der Waals surface area (Å²) in [5.74, 6) is -0.374. The minimum atomic E-state index is -0.802. The lowest BCUT2D eigenvalue weighted by molar-refractivity contribution is -0.145. The number of hydrogen-bond donors (Lipinski definition) is 0. The number of nitrogens with zero attached hydrogens (tertiary/aromatic N) is 3. The first-order valence-electron chi connectivity index (χ1n) is 8.52. The first-order valence-corrected chi connectivity index (χ1v) is 8.96. The van der Waals surface area contributed by atoms with Gasteiger partial charge >= 0.3 is 18.2 Å². The molecule has 0 N–H and O–H groups in total. The molecule has 1 aromatic heterocycles. The minimum absolute atomic E-state index is 0.141. The third-order valence-corrected chi connectivity index (χ3v) is 3.27. The number of rotatable bonds is 6. The van der Waals surface area contributed by atoms with Gasteiger partial charge in [0.2, 0.25) is 0 Å². The van der Waals surface area contributed by atoms with Gasteiger partial charge in [-0.15, -0.1) is 0 Å². The largest absolute Gasteiger partial charge is 0.459 e. The van der Waals surface area contributed by atoms with Gasteiger partial charge in [0.25, 0.3) is 0 Å². The number of ether oxygens (including phenoxy) is 3. The molecule has 9 nitrogen and oxygen atoms in total. The zero-order chi connectivity index (χ0) is 21.5. The molecule has 0 bridgehead atoms. The number of carbonyl (C=O) groups excluding carboxylic acids is 3. The molecule has 0 radical (unpaired) electrons. The van der Waals surface area contributed by atoms with Crippen LogP contribution < -0.4 is 4.90 Å². The van der Waals surface area contributed by atoms with Crippen molar-refractivity contribution in [1.82, 2.24) is 9.88 Å². The van der Waals surface area contributed by atoms with Crippen LogP contribution in [-0.2, 0) is 25.6 Å². The average Bonchev–Trinajstić information content (AvgIpc) is 2.57. The number of esters is 1. The fourth-order valence-corrected chi connectivity index (χ4v) is 2.03. The van der Waals surface area contributed by atoms with Gasteiger partial charge in [-0.2, -0.15) is 0 Å². The SMILES string of the molecule is C[C@@H](Cl)OC(=O)N(C)c1ncccc1COC(=O)CN(C)C(=O)OC(C)(C)C. The predicted molar refractivity (Wildman–Crippen MR) is 103 cm³/mol. The second-order valence-corrected chi connectivity index (χ2v) is 7.58. The molecule has 10 heteroatoms. The molecule has 0 saturated heterocycles. The highest BCUT2D eigenvalue weighted by Gasteiger charge is 2.23. The Balaban J connectivity index is 2.69. The summed E-state index contributed by atoms with van der Waals surface area (Å²) in [6, 6.07) is 3.30. The summed E-state index contributed by atoms with van der Waals surface area (Å²) in [7, 11) is 2.90. The third kappa shape index (κ3) is 7.99. The number of amides is 2. The Morgan fingerprint density at radius 1 is 1.21 bits per heavy atom. The molecule has 1 aromatic rings. The topological polar surface area (TPSA) is 98.3 Å². The molecule has 0 aromatic carbocycles. The number of aromatic nitrogens is 1. The van der Waals surface area contributed by atoms with Crippen LogP contribution in [0.2, 0.25) is 0 Å². The van der Waals surface area contributed by atoms with Crippen LogP contribution in [-0.4, -0.2) is 59.8 Å². The van der Waals surface area contributed by atoms with Crippen LogP contribution >= 0.6 is 11.6 Å². The van der Waals surface area contributed by atoms with Gasteiger partial charge in [-0.1, -0.05) is 17.7 Å². The van der Waals surface area contributed by atoms with Crippen molar-refractivity contribution in [3.63, 3.8) is 0 Å². The van der Waals surface area contributed by atoms with Crippen LogP contribution in [0.3, 0.4) is 0 Å². The van der Waals surface area contributed by atoms with Gasteiger partial charge in [-0.3, -0.25) is 9.69 Å². The van der Waals surface area contributed by atoms with Crippen LogP contribution in [0.1, 0.15) is 33.3 Å². The van der Waals surface area contributed by atoms with E-state index in [4.69, 9.17) is 25.8 Å². The summed E-state index contributed by atoms with van der Waals surface area (Å²) in [4.78, 5) is 42.3. The Kier molecular flexibility index (Phi) is 8.49. The molecule has 0 spiro atoms. The van der Waals surface area contributed by atoms with Crippen molar-refractivity contribution in [1.29, 1.82) is 0 Å². The number of anilines is 1. The molecular weight excluding hydrogens is 390 g/mol. The Morgan fingerprint density at radius 3 is 2.43 bits per heavy atom. The Labute approximate surface area is 169 Å². The lowest BCUT2D eigenvalue weighted by Gasteiger charge is -2.24. The highest BCUT2D eigenvalue weighted by Crippen LogP contribution is 2.18. The summed E-state index contributed by atoms with van der Waals surface area (Å²) in [6.07, 6.45) is 0.160. The molecule has 156 valence electrons. The lowest BCUT2D eigenvalue weighted by Crippen LogP contribution is -2.37. The van der Waals surface area contributed by atoms with Crippen molar-refractivity contribution in [3.05, 3.63) is 23.9 Å². The molecule has 1 heterocycles. The molecule has 0 aliphatic carbocycles. The lowest BCUT2D eigenvalue weighted by atomic mass is 10.2. The second-order valence-electron chi connectivity index (χ2n) is 6.97. The third-order valence-electron chi connectivity index (χ3n) is 3.18. The van der Waals surface area contributed by atoms with E-state index in [1.807, 2.05) is 0 Å². The van der Waals surface area contributed by atoms with Crippen molar-refractivity contribution < 1.29 is 28.6 Å². The van der Waals surface area contributed by atoms with Gasteiger partial charge < -0.3 is 19.1 Å². The van der Waals surface area contributed by atoms with Crippen LogP contribution in [0.5, 0.6) is 0 Å². The quantitative estimate of drug-likeness (QED) is 0.399. The maximum atomic E-state index is 12.0. The number of halogens is 1. The number of pyridine rings is 1. The van der Waals surface area contributed by atoms with Crippen molar-refractivity contribution >= 4 is 35.6 Å². The van der Waals surface area contributed by atoms with Crippen molar-refractivity contribution in [3.8, 4) is 0 Å². The van der Waals surface area contributed by atoms with Crippen molar-refractivity contribution in [2.75, 3.05) is 25.5 Å². The summed E-state index contributed by atoms with van der Waals surface area (Å²) >= 11 is 5.66. The second kappa shape index (κ2) is 10.1. The van der Waals surface area contributed by atoms with Crippen LogP contribution in [0.25, 0.3) is 0 Å². The van der Waals surface area contributed by atoms with E-state index in [1.54, 1.807) is 32.9 Å². The molecule has 0 unspecified atom stereocenters. The number of alkyl halides is 1. The minimum Gasteiger partial charge on any atom is -0.459 e. The zero-order valence-electron chi connectivity index (χ0n) is 16.9. The molecule has 1 rings (SSSR count). The smallest absolute Gasteiger partial charge is 0.416 e. The molecule has 28 heavy (non-hydrogen) atoms. The van der Waals surface area contributed by atoms with E-state index in [0.717, 1.165) is 9.80 Å². The summed E-state index contributed by atoms with van der Waals surface area (Å²) in [6.45, 7) is 6.27. The molecular formula is C18H26ClN3O6. The van der Waals surface area contributed by atoms with Crippen molar-refractivity contribution in [2.24, 2.45) is 0 Å². The maximum Gasteiger partial charge on any atom is 0.416 e. The Morgan fingerprint density at radius 2 is 1.86 bits per heavy atom. The highest BCUT2D eigenvalue weighted by molar-refractivity contribution is 6.20. The predicted octanol–water partition coefficient (Wildman–Crippen LogP) is 3.15. The fraction of sp³-hybridized carbons (Fsp3) is 0.556. The first-order chi connectivity index (χ1) is 12.9. The van der Waals surface area contributed by atoms with E-state index in [2.05, 4.69) is 4.98 Å². The van der Waals surface area contributed by atoms with Crippen LogP contribution in [0, 0.1) is 0 Å². The Hall–Kier alpha value is -2.55. The van der Waals surface area contributed by atoms with Crippen molar-refractivity contribution in [2.45, 2.75) is 45.5 Å². The van der Waals surface area contributed by atoms with Crippen LogP contribution in [0.15, 0.2) is 18.3 Å². The van der Waals surface area contributed by atoms with Gasteiger partial charge in [0.1, 0.15) is 24.6 Å². The van der Waals surface area contributed by atoms with E-state index in [9.17, 15) is 14.4 Å². The van der Waals surface area contributed by atoms with Gasteiger partial charge in [0.15, 0.2) is 5.56 Å². The first kappa shape index (κ1) is 23.5. The average molecular weight is 416 g/mol. The maximum absolute atomic E-state index is 12.0. The molecule has 0 aliphatic heterocycles. The van der Waals surface area contributed by atoms with E-state index in [-0.39, 0.29) is 19.0 Å². The molecule has 2 amide bonds. The standard InChI is InChI=1S/C18H26ClN3O6/c1-12(19)27-17(25)22(6)15-13(8-7-9-20-15)11-26-14(23)10-21(5)16(24)28-18(2,3)4/h7-9,12H,10-11H2,1-6H3/t12-/m0/s1. The summed E-state index contributed by atoms with van der Waals surface area (Å²) < 4.78 is 15.3. The van der Waals surface area contributed by atoms with Gasteiger partial charge in [0, 0.05) is 25.9 Å². The molecule has 0 fully saturated rings. The van der Waals surface area contributed by atoms with E-state index < -0.39 is 29.3 Å². The van der Waals surface area contributed by atoms with Gasteiger partial charge in [-0.25, -0.2) is 14.6 Å². The fourth-order valence-electron chi connectivity index (χ4n) is 1.95.